The van der Waals surface area contributed by atoms with E-state index in [1.54, 1.807) is 0 Å². The van der Waals surface area contributed by atoms with Gasteiger partial charge < -0.3 is 0 Å². The molecule has 0 unspecified atom stereocenters. The summed E-state index contributed by atoms with van der Waals surface area (Å²) in [4.78, 5) is 4.96. The van der Waals surface area contributed by atoms with Crippen LogP contribution in [-0.2, 0) is 0 Å². The maximum atomic E-state index is 3.03. The third-order valence-corrected chi connectivity index (χ3v) is 144. The zero-order valence-corrected chi connectivity index (χ0v) is 48.9. The minimum Gasteiger partial charge on any atom is -0.0698 e. The van der Waals surface area contributed by atoms with Crippen LogP contribution in [0.5, 0.6) is 0 Å². The first-order valence-electron chi connectivity index (χ1n) is 19.5. The minimum absolute atomic E-state index is 0.394. The zero-order chi connectivity index (χ0) is 37.0. The molecular weight excluding hydrogens is 745 g/mol. The van der Waals surface area contributed by atoms with E-state index in [1.807, 2.05) is 11.3 Å². The van der Waals surface area contributed by atoms with E-state index in [1.165, 1.54) is 19.2 Å². The molecule has 2 radical (unpaired) electrons. The van der Waals surface area contributed by atoms with Gasteiger partial charge in [0.25, 0.3) is 0 Å². The third-order valence-electron chi connectivity index (χ3n) is 13.3. The molecule has 2 aliphatic rings. The maximum Gasteiger partial charge on any atom is 0.0419 e. The summed E-state index contributed by atoms with van der Waals surface area (Å²) < 4.78 is 0. The van der Waals surface area contributed by atoms with E-state index in [2.05, 4.69) is 172 Å². The van der Waals surface area contributed by atoms with Crippen LogP contribution in [0.2, 0.25) is 186 Å². The van der Waals surface area contributed by atoms with Crippen LogP contribution in [0.4, 0.5) is 0 Å². The fourth-order valence-electron chi connectivity index (χ4n) is 15.8. The molecule has 0 aromatic heterocycles. The molecule has 0 aromatic carbocycles. The molecule has 2 aliphatic heterocycles. The Hall–Kier alpha value is 2.60. The summed E-state index contributed by atoms with van der Waals surface area (Å²) in [6.07, 6.45) is 0. The molecule has 4 atom stereocenters. The highest BCUT2D eigenvalue weighted by molar-refractivity contribution is 7.82. The highest BCUT2D eigenvalue weighted by Gasteiger charge is 2.79. The van der Waals surface area contributed by atoms with Crippen molar-refractivity contribution in [2.45, 2.75) is 213 Å². The first-order valence-corrected chi connectivity index (χ1v) is 58.4. The normalized spacial score (nSPS) is 30.9. The molecule has 272 valence electrons. The number of hydrogen-bond acceptors (Lipinski definition) is 0. The second kappa shape index (κ2) is 13.2. The molecule has 2 saturated heterocycles. The summed E-state index contributed by atoms with van der Waals surface area (Å²) >= 11 is 0. The average molecular weight is 834 g/mol. The summed E-state index contributed by atoms with van der Waals surface area (Å²) in [7, 11) is -15.2. The van der Waals surface area contributed by atoms with Crippen molar-refractivity contribution in [3.05, 3.63) is 0 Å². The molecule has 0 amide bonds. The van der Waals surface area contributed by atoms with Crippen molar-refractivity contribution in [2.24, 2.45) is 0 Å². The SMILES string of the molecule is CC(C)[Si@@]1(C([Si](C)(C)C)[Si](C)(C)C)[C@@H]([Si](C)(C)C)[Si](C)(C)C[Si]1[Si]1C[Si](C)(C)[C@H]([Si](C)(C)C)[Si@@]1(C(C)C)C([Si](C)(C)C)[Si](C)(C)C. The first kappa shape index (κ1) is 44.8. The van der Waals surface area contributed by atoms with Crippen LogP contribution >= 0.6 is 0 Å². The summed E-state index contributed by atoms with van der Waals surface area (Å²) in [5.41, 5.74) is 5.79. The van der Waals surface area contributed by atoms with Gasteiger partial charge in [-0.05, 0) is 0 Å². The molecule has 2 fully saturated rings. The summed E-state index contributed by atoms with van der Waals surface area (Å²) in [6, 6.07) is 0. The highest BCUT2D eigenvalue weighted by Crippen LogP contribution is 2.68. The first-order chi connectivity index (χ1) is 19.8. The van der Waals surface area contributed by atoms with Crippen molar-refractivity contribution < 1.29 is 0 Å². The van der Waals surface area contributed by atoms with Gasteiger partial charge >= 0.3 is 0 Å². The van der Waals surface area contributed by atoms with E-state index in [0.29, 0.717) is 0 Å². The van der Waals surface area contributed by atoms with E-state index >= 15 is 0 Å². The van der Waals surface area contributed by atoms with Crippen molar-refractivity contribution in [3.63, 3.8) is 0 Å². The molecular formula is C34H88Si12. The molecule has 2 heterocycles. The lowest BCUT2D eigenvalue weighted by Crippen LogP contribution is -2.80. The predicted octanol–water partition coefficient (Wildman–Crippen LogP) is 13.3. The summed E-state index contributed by atoms with van der Waals surface area (Å²) in [5, 5.41) is 0. The van der Waals surface area contributed by atoms with Crippen LogP contribution in [0.3, 0.4) is 0 Å². The molecule has 2 rings (SSSR count). The second-order valence-corrected chi connectivity index (χ2v) is 102. The Morgan fingerprint density at radius 2 is 0.609 bits per heavy atom. The zero-order valence-electron chi connectivity index (χ0n) is 36.9. The molecule has 0 nitrogen and oxygen atoms in total. The lowest BCUT2D eigenvalue weighted by atomic mass is 10.6. The molecule has 46 heavy (non-hydrogen) atoms. The summed E-state index contributed by atoms with van der Waals surface area (Å²) in [5.74, 6) is 0. The molecule has 12 heteroatoms. The largest absolute Gasteiger partial charge is 0.0698 e. The van der Waals surface area contributed by atoms with Crippen molar-refractivity contribution in [2.75, 3.05) is 0 Å². The van der Waals surface area contributed by atoms with E-state index in [-0.39, 0.29) is 0 Å². The number of rotatable bonds is 11. The standard InChI is InChI=1S/C34H88Si12/c1-29(2)45(31(37(5,6)7)38(8,9)10)33(41(17,18)19)43(23,24)27-35(45)36-28-44(25,26)34(42(20,21)22)46(36,30(3)4)32(39(11,12)13)40(14,15)16/h29-34H,27-28H2,1-26H3/t33-,34-,45+,46+/m0/s1. The van der Waals surface area contributed by atoms with Gasteiger partial charge in [-0.3, -0.25) is 0 Å². The van der Waals surface area contributed by atoms with Gasteiger partial charge in [-0.2, -0.15) is 0 Å². The topological polar surface area (TPSA) is 0 Å². The Morgan fingerprint density at radius 3 is 0.739 bits per heavy atom. The number of hydrogen-bond donors (Lipinski definition) is 0. The van der Waals surface area contributed by atoms with Crippen molar-refractivity contribution in [3.8, 4) is 0 Å². The van der Waals surface area contributed by atoms with Gasteiger partial charge in [-0.1, -0.05) is 213 Å². The molecule has 0 aromatic rings. The molecule has 0 aliphatic carbocycles. The van der Waals surface area contributed by atoms with Crippen LogP contribution < -0.4 is 0 Å². The Balaban J connectivity index is 3.44. The van der Waals surface area contributed by atoms with E-state index in [0.717, 1.165) is 11.1 Å². The highest BCUT2D eigenvalue weighted by atomic mass is 29.8. The molecule has 0 spiro atoms. The van der Waals surface area contributed by atoms with Gasteiger partial charge in [0.05, 0.1) is 0 Å². The Morgan fingerprint density at radius 1 is 0.413 bits per heavy atom. The fraction of sp³-hybridized carbons (Fsp3) is 1.00. The Kier molecular flexibility index (Phi) is 12.8. The Labute approximate surface area is 306 Å². The van der Waals surface area contributed by atoms with Crippen LogP contribution in [0.25, 0.3) is 0 Å². The Bertz CT molecular complexity index is 960. The summed E-state index contributed by atoms with van der Waals surface area (Å²) in [6.45, 7) is 76.3. The van der Waals surface area contributed by atoms with Gasteiger partial charge in [0.1, 0.15) is 0 Å². The smallest absolute Gasteiger partial charge is 0.0419 e. The molecule has 0 bridgehead atoms. The van der Waals surface area contributed by atoms with Gasteiger partial charge in [0.2, 0.25) is 0 Å². The quantitative estimate of drug-likeness (QED) is 0.182. The van der Waals surface area contributed by atoms with Crippen LogP contribution in [0, 0.1) is 0 Å². The second-order valence-electron chi connectivity index (χ2n) is 25.4. The van der Waals surface area contributed by atoms with Gasteiger partial charge in [-0.25, -0.2) is 0 Å². The lowest BCUT2D eigenvalue weighted by Gasteiger charge is -2.64. The average Bonchev–Trinajstić information content (AvgIpc) is 3.08. The van der Waals surface area contributed by atoms with Gasteiger partial charge in [0.15, 0.2) is 0 Å². The maximum absolute atomic E-state index is 3.03. The van der Waals surface area contributed by atoms with E-state index < -0.39 is 95.4 Å². The van der Waals surface area contributed by atoms with E-state index in [4.69, 9.17) is 0 Å². The van der Waals surface area contributed by atoms with E-state index in [9.17, 15) is 0 Å². The van der Waals surface area contributed by atoms with Crippen LogP contribution in [0.15, 0.2) is 0 Å². The lowest BCUT2D eigenvalue weighted by molar-refractivity contribution is 0.991. The van der Waals surface area contributed by atoms with Crippen LogP contribution in [0.1, 0.15) is 27.7 Å². The fourth-order valence-corrected chi connectivity index (χ4v) is 267. The molecule has 0 saturated carbocycles. The predicted molar refractivity (Wildman–Crippen MR) is 253 cm³/mol. The van der Waals surface area contributed by atoms with Gasteiger partial charge in [-0.15, -0.1) is 0 Å². The van der Waals surface area contributed by atoms with Crippen molar-refractivity contribution >= 4 is 95.4 Å². The monoisotopic (exact) mass is 832 g/mol. The van der Waals surface area contributed by atoms with Gasteiger partial charge in [0, 0.05) is 95.4 Å². The molecule has 0 N–H and O–H groups in total. The minimum atomic E-state index is -1.66. The third kappa shape index (κ3) is 7.64. The van der Waals surface area contributed by atoms with Crippen molar-refractivity contribution in [1.82, 2.24) is 0 Å². The van der Waals surface area contributed by atoms with Crippen molar-refractivity contribution in [1.29, 1.82) is 0 Å². The van der Waals surface area contributed by atoms with Crippen LogP contribution in [-0.4, -0.2) is 95.4 Å².